The number of sulfonamides is 1. The largest absolute Gasteiger partial charge is 0.321 e. The van der Waals surface area contributed by atoms with Crippen LogP contribution in [0.2, 0.25) is 5.02 Å². The van der Waals surface area contributed by atoms with Crippen LogP contribution in [0.1, 0.15) is 15.2 Å². The van der Waals surface area contributed by atoms with E-state index in [2.05, 4.69) is 5.32 Å². The second-order valence-electron chi connectivity index (χ2n) is 7.19. The lowest BCUT2D eigenvalue weighted by atomic mass is 10.2. The Labute approximate surface area is 194 Å². The fraction of sp³-hybridized carbons (Fsp3) is 0.0870. The number of hydrogen-bond donors (Lipinski definition) is 1. The molecule has 164 valence electrons. The zero-order valence-corrected chi connectivity index (χ0v) is 19.3. The Morgan fingerprint density at radius 1 is 1.03 bits per heavy atom. The maximum atomic E-state index is 13.1. The van der Waals surface area contributed by atoms with E-state index < -0.39 is 10.0 Å². The molecule has 0 aliphatic carbocycles. The number of amides is 1. The van der Waals surface area contributed by atoms with Crippen molar-refractivity contribution in [2.45, 2.75) is 6.54 Å². The Morgan fingerprint density at radius 2 is 1.72 bits per heavy atom. The number of anilines is 2. The first-order chi connectivity index (χ1) is 15.2. The molecule has 0 radical (unpaired) electrons. The highest BCUT2D eigenvalue weighted by molar-refractivity contribution is 7.92. The highest BCUT2D eigenvalue weighted by Gasteiger charge is 2.19. The molecule has 4 rings (SSSR count). The van der Waals surface area contributed by atoms with Crippen molar-refractivity contribution in [1.29, 1.82) is 0 Å². The van der Waals surface area contributed by atoms with Gasteiger partial charge in [0, 0.05) is 15.4 Å². The summed E-state index contributed by atoms with van der Waals surface area (Å²) in [7, 11) is -3.55. The summed E-state index contributed by atoms with van der Waals surface area (Å²) >= 11 is 7.22. The lowest BCUT2D eigenvalue weighted by Gasteiger charge is -2.22. The molecule has 0 saturated carbocycles. The van der Waals surface area contributed by atoms with Crippen molar-refractivity contribution in [3.63, 3.8) is 0 Å². The molecule has 0 unspecified atom stereocenters. The van der Waals surface area contributed by atoms with Crippen LogP contribution in [-0.4, -0.2) is 20.6 Å². The summed E-state index contributed by atoms with van der Waals surface area (Å²) in [5.41, 5.74) is 1.78. The van der Waals surface area contributed by atoms with Crippen molar-refractivity contribution in [2.24, 2.45) is 0 Å². The number of benzene rings is 3. The van der Waals surface area contributed by atoms with E-state index >= 15 is 0 Å². The molecule has 0 atom stereocenters. The summed E-state index contributed by atoms with van der Waals surface area (Å²) in [6.07, 6.45) is 1.16. The van der Waals surface area contributed by atoms with Crippen LogP contribution in [0.5, 0.6) is 0 Å². The van der Waals surface area contributed by atoms with Gasteiger partial charge in [0.25, 0.3) is 5.91 Å². The Morgan fingerprint density at radius 3 is 2.38 bits per heavy atom. The molecule has 32 heavy (non-hydrogen) atoms. The van der Waals surface area contributed by atoms with Crippen LogP contribution in [0.3, 0.4) is 0 Å². The van der Waals surface area contributed by atoms with E-state index in [1.807, 2.05) is 0 Å². The summed E-state index contributed by atoms with van der Waals surface area (Å²) in [5.74, 6) is -0.702. The van der Waals surface area contributed by atoms with E-state index in [9.17, 15) is 17.6 Å². The number of thiophene rings is 1. The maximum absolute atomic E-state index is 13.1. The fourth-order valence-corrected chi connectivity index (χ4v) is 5.12. The molecule has 0 aliphatic rings. The quantitative estimate of drug-likeness (QED) is 0.366. The molecule has 0 aliphatic heterocycles. The normalized spacial score (nSPS) is 11.5. The molecule has 1 N–H and O–H groups in total. The molecule has 0 spiro atoms. The van der Waals surface area contributed by atoms with Gasteiger partial charge in [-0.05, 0) is 71.6 Å². The molecule has 1 amide bonds. The van der Waals surface area contributed by atoms with Crippen LogP contribution in [0, 0.1) is 5.82 Å². The molecular weight excluding hydrogens is 471 g/mol. The minimum Gasteiger partial charge on any atom is -0.321 e. The van der Waals surface area contributed by atoms with Gasteiger partial charge >= 0.3 is 0 Å². The smallest absolute Gasteiger partial charge is 0.265 e. The molecule has 0 fully saturated rings. The van der Waals surface area contributed by atoms with Crippen molar-refractivity contribution < 1.29 is 17.6 Å². The Kier molecular flexibility index (Phi) is 6.19. The van der Waals surface area contributed by atoms with Gasteiger partial charge in [-0.25, -0.2) is 12.8 Å². The molecule has 0 saturated heterocycles. The fourth-order valence-electron chi connectivity index (χ4n) is 3.18. The Bertz CT molecular complexity index is 1390. The van der Waals surface area contributed by atoms with Crippen LogP contribution >= 0.6 is 22.9 Å². The predicted octanol–water partition coefficient (Wildman–Crippen LogP) is 5.91. The number of rotatable bonds is 6. The average Bonchev–Trinajstić information content (AvgIpc) is 3.17. The first-order valence-corrected chi connectivity index (χ1v) is 12.6. The maximum Gasteiger partial charge on any atom is 0.265 e. The van der Waals surface area contributed by atoms with Gasteiger partial charge in [-0.15, -0.1) is 11.3 Å². The molecule has 1 heterocycles. The van der Waals surface area contributed by atoms with Crippen LogP contribution in [-0.2, 0) is 16.6 Å². The Balaban J connectivity index is 1.62. The third-order valence-electron chi connectivity index (χ3n) is 4.75. The highest BCUT2D eigenvalue weighted by atomic mass is 35.5. The topological polar surface area (TPSA) is 66.5 Å². The summed E-state index contributed by atoms with van der Waals surface area (Å²) in [6.45, 7) is 0.156. The number of nitrogens with zero attached hydrogens (tertiary/aromatic N) is 1. The molecule has 5 nitrogen and oxygen atoms in total. The first kappa shape index (κ1) is 22.3. The van der Waals surface area contributed by atoms with Gasteiger partial charge in [0.1, 0.15) is 5.82 Å². The number of nitrogens with one attached hydrogen (secondary N) is 1. The molecule has 9 heteroatoms. The van der Waals surface area contributed by atoms with E-state index in [-0.39, 0.29) is 18.3 Å². The monoisotopic (exact) mass is 488 g/mol. The van der Waals surface area contributed by atoms with Gasteiger partial charge in [0.05, 0.1) is 23.4 Å². The molecule has 4 aromatic rings. The predicted molar refractivity (Wildman–Crippen MR) is 129 cm³/mol. The number of halogens is 2. The van der Waals surface area contributed by atoms with Crippen molar-refractivity contribution in [3.8, 4) is 0 Å². The van der Waals surface area contributed by atoms with Crippen LogP contribution < -0.4 is 9.62 Å². The van der Waals surface area contributed by atoms with Crippen molar-refractivity contribution >= 4 is 60.3 Å². The zero-order chi connectivity index (χ0) is 22.9. The van der Waals surface area contributed by atoms with Gasteiger partial charge in [-0.3, -0.25) is 9.10 Å². The van der Waals surface area contributed by atoms with E-state index in [1.165, 1.54) is 39.9 Å². The minimum absolute atomic E-state index is 0.156. The van der Waals surface area contributed by atoms with Gasteiger partial charge in [0.2, 0.25) is 10.0 Å². The summed E-state index contributed by atoms with van der Waals surface area (Å²) < 4.78 is 40.2. The van der Waals surface area contributed by atoms with Crippen LogP contribution in [0.4, 0.5) is 15.8 Å². The standard InChI is InChI=1S/C23H18ClFN2O3S2/c1-32(29,30)27(14-15-2-4-17(24)5-3-15)20-10-11-21-16(12-20)13-22(31-21)23(28)26-19-8-6-18(25)7-9-19/h2-13H,14H2,1H3,(H,26,28). The minimum atomic E-state index is -3.55. The Hall–Kier alpha value is -2.94. The summed E-state index contributed by atoms with van der Waals surface area (Å²) in [6, 6.07) is 19.5. The third kappa shape index (κ3) is 5.09. The van der Waals surface area contributed by atoms with Gasteiger partial charge in [-0.2, -0.15) is 0 Å². The van der Waals surface area contributed by atoms with Crippen molar-refractivity contribution in [1.82, 2.24) is 0 Å². The lowest BCUT2D eigenvalue weighted by molar-refractivity contribution is 0.103. The van der Waals surface area contributed by atoms with E-state index in [1.54, 1.807) is 48.5 Å². The second kappa shape index (κ2) is 8.90. The number of fused-ring (bicyclic) bond motifs is 1. The lowest BCUT2D eigenvalue weighted by Crippen LogP contribution is -2.29. The zero-order valence-electron chi connectivity index (χ0n) is 16.9. The number of carbonyl (C=O) groups is 1. The van der Waals surface area contributed by atoms with Crippen molar-refractivity contribution in [3.05, 3.63) is 94.1 Å². The molecule has 3 aromatic carbocycles. The number of carbonyl (C=O) groups excluding carboxylic acids is 1. The van der Waals surface area contributed by atoms with Gasteiger partial charge in [0.15, 0.2) is 0 Å². The van der Waals surface area contributed by atoms with Crippen LogP contribution in [0.25, 0.3) is 10.1 Å². The summed E-state index contributed by atoms with van der Waals surface area (Å²) in [5, 5.41) is 4.06. The molecular formula is C23H18ClFN2O3S2. The average molecular weight is 489 g/mol. The van der Waals surface area contributed by atoms with Gasteiger partial charge in [-0.1, -0.05) is 23.7 Å². The van der Waals surface area contributed by atoms with E-state index in [0.29, 0.717) is 21.3 Å². The summed E-state index contributed by atoms with van der Waals surface area (Å²) in [4.78, 5) is 13.1. The highest BCUT2D eigenvalue weighted by Crippen LogP contribution is 2.31. The van der Waals surface area contributed by atoms with Gasteiger partial charge < -0.3 is 5.32 Å². The second-order valence-corrected chi connectivity index (χ2v) is 10.6. The third-order valence-corrected chi connectivity index (χ3v) is 7.26. The van der Waals surface area contributed by atoms with Crippen molar-refractivity contribution in [2.75, 3.05) is 15.9 Å². The first-order valence-electron chi connectivity index (χ1n) is 9.52. The number of hydrogen-bond acceptors (Lipinski definition) is 4. The van der Waals surface area contributed by atoms with E-state index in [0.717, 1.165) is 21.9 Å². The van der Waals surface area contributed by atoms with E-state index in [4.69, 9.17) is 11.6 Å². The molecule has 1 aromatic heterocycles. The SMILES string of the molecule is CS(=O)(=O)N(Cc1ccc(Cl)cc1)c1ccc2sc(C(=O)Nc3ccc(F)cc3)cc2c1. The van der Waals surface area contributed by atoms with Crippen LogP contribution in [0.15, 0.2) is 72.8 Å². The molecule has 0 bridgehead atoms.